The summed E-state index contributed by atoms with van der Waals surface area (Å²) in [7, 11) is 1.94. The molecule has 0 aliphatic heterocycles. The summed E-state index contributed by atoms with van der Waals surface area (Å²) >= 11 is 0. The van der Waals surface area contributed by atoms with Crippen molar-refractivity contribution < 1.29 is 4.74 Å². The molecule has 112 valence electrons. The zero-order chi connectivity index (χ0) is 14.8. The topological polar surface area (TPSA) is 39.1 Å². The number of nitrogens with zero attached hydrogens (tertiary/aromatic N) is 2. The number of ether oxygens (including phenoxy) is 1. The van der Waals surface area contributed by atoms with Gasteiger partial charge in [-0.3, -0.25) is 0 Å². The lowest BCUT2D eigenvalue weighted by molar-refractivity contribution is 0.423. The van der Waals surface area contributed by atoms with E-state index in [9.17, 15) is 0 Å². The van der Waals surface area contributed by atoms with Crippen LogP contribution in [-0.4, -0.2) is 15.8 Å². The summed E-state index contributed by atoms with van der Waals surface area (Å²) in [5.74, 6) is 1.72. The van der Waals surface area contributed by atoms with Crippen LogP contribution in [0.1, 0.15) is 36.6 Å². The van der Waals surface area contributed by atoms with Gasteiger partial charge < -0.3 is 10.1 Å². The summed E-state index contributed by atoms with van der Waals surface area (Å²) in [5.41, 5.74) is 3.47. The molecule has 0 amide bonds. The molecule has 1 N–H and O–H groups in total. The zero-order valence-electron chi connectivity index (χ0n) is 13.0. The van der Waals surface area contributed by atoms with Crippen LogP contribution in [0, 0.1) is 6.92 Å². The van der Waals surface area contributed by atoms with E-state index >= 15 is 0 Å². The quantitative estimate of drug-likeness (QED) is 0.885. The van der Waals surface area contributed by atoms with Gasteiger partial charge in [0.2, 0.25) is 5.88 Å². The maximum Gasteiger partial charge on any atom is 0.222 e. The standard InChI is InChI=1S/C17H23N3O/c1-4-13-6-5-7-15(10-13)21-17-16(11-18-14-8-9-14)12(2)19-20(17)3/h5-7,10,14,18H,4,8-9,11H2,1-3H3. The summed E-state index contributed by atoms with van der Waals surface area (Å²) in [6.45, 7) is 5.02. The van der Waals surface area contributed by atoms with Crippen molar-refractivity contribution in [2.24, 2.45) is 7.05 Å². The largest absolute Gasteiger partial charge is 0.439 e. The van der Waals surface area contributed by atoms with E-state index in [0.717, 1.165) is 35.9 Å². The van der Waals surface area contributed by atoms with Gasteiger partial charge in [-0.1, -0.05) is 19.1 Å². The monoisotopic (exact) mass is 285 g/mol. The molecule has 1 aliphatic rings. The fourth-order valence-corrected chi connectivity index (χ4v) is 2.49. The van der Waals surface area contributed by atoms with Crippen molar-refractivity contribution in [2.45, 2.75) is 45.7 Å². The van der Waals surface area contributed by atoms with Crippen molar-refractivity contribution in [2.75, 3.05) is 0 Å². The Balaban J connectivity index is 1.82. The van der Waals surface area contributed by atoms with E-state index < -0.39 is 0 Å². The fourth-order valence-electron chi connectivity index (χ4n) is 2.49. The Labute approximate surface area is 126 Å². The zero-order valence-corrected chi connectivity index (χ0v) is 13.0. The van der Waals surface area contributed by atoms with E-state index in [4.69, 9.17) is 4.74 Å². The molecule has 0 bridgehead atoms. The molecule has 0 spiro atoms. The second-order valence-electron chi connectivity index (χ2n) is 5.75. The van der Waals surface area contributed by atoms with E-state index in [0.29, 0.717) is 6.04 Å². The first kappa shape index (κ1) is 14.1. The first-order chi connectivity index (χ1) is 10.2. The molecule has 1 aromatic heterocycles. The number of benzene rings is 1. The van der Waals surface area contributed by atoms with Gasteiger partial charge in [-0.25, -0.2) is 4.68 Å². The lowest BCUT2D eigenvalue weighted by atomic mass is 10.2. The summed E-state index contributed by atoms with van der Waals surface area (Å²) in [5, 5.41) is 8.04. The van der Waals surface area contributed by atoms with Crippen LogP contribution in [0.3, 0.4) is 0 Å². The normalized spacial score (nSPS) is 14.4. The third-order valence-electron chi connectivity index (χ3n) is 3.95. The molecule has 1 heterocycles. The van der Waals surface area contributed by atoms with E-state index in [-0.39, 0.29) is 0 Å². The first-order valence-electron chi connectivity index (χ1n) is 7.70. The summed E-state index contributed by atoms with van der Waals surface area (Å²) < 4.78 is 7.95. The number of hydrogen-bond acceptors (Lipinski definition) is 3. The van der Waals surface area contributed by atoms with Crippen LogP contribution in [0.15, 0.2) is 24.3 Å². The lowest BCUT2D eigenvalue weighted by Gasteiger charge is -2.10. The molecule has 1 fully saturated rings. The molecular weight excluding hydrogens is 262 g/mol. The minimum absolute atomic E-state index is 0.681. The molecule has 1 aliphatic carbocycles. The van der Waals surface area contributed by atoms with Crippen molar-refractivity contribution in [3.05, 3.63) is 41.1 Å². The molecule has 0 unspecified atom stereocenters. The van der Waals surface area contributed by atoms with Crippen LogP contribution in [0.4, 0.5) is 0 Å². The number of hydrogen-bond donors (Lipinski definition) is 1. The number of aromatic nitrogens is 2. The van der Waals surface area contributed by atoms with Gasteiger partial charge in [0.1, 0.15) is 5.75 Å². The van der Waals surface area contributed by atoms with Crippen LogP contribution < -0.4 is 10.1 Å². The molecule has 0 saturated heterocycles. The summed E-state index contributed by atoms with van der Waals surface area (Å²) in [6.07, 6.45) is 3.58. The third-order valence-corrected chi connectivity index (χ3v) is 3.95. The smallest absolute Gasteiger partial charge is 0.222 e. The van der Waals surface area contributed by atoms with E-state index in [1.807, 2.05) is 30.8 Å². The Morgan fingerprint density at radius 2 is 2.19 bits per heavy atom. The Hall–Kier alpha value is -1.81. The Morgan fingerprint density at radius 1 is 1.38 bits per heavy atom. The maximum atomic E-state index is 6.12. The molecule has 21 heavy (non-hydrogen) atoms. The van der Waals surface area contributed by atoms with Crippen molar-refractivity contribution >= 4 is 0 Å². The van der Waals surface area contributed by atoms with E-state index in [1.54, 1.807) is 0 Å². The van der Waals surface area contributed by atoms with Gasteiger partial charge in [0, 0.05) is 19.6 Å². The summed E-state index contributed by atoms with van der Waals surface area (Å²) in [4.78, 5) is 0. The number of aryl methyl sites for hydroxylation is 3. The highest BCUT2D eigenvalue weighted by atomic mass is 16.5. The second kappa shape index (κ2) is 5.90. The van der Waals surface area contributed by atoms with Gasteiger partial charge in [0.15, 0.2) is 0 Å². The van der Waals surface area contributed by atoms with Gasteiger partial charge in [-0.15, -0.1) is 0 Å². The number of rotatable bonds is 6. The van der Waals surface area contributed by atoms with Gasteiger partial charge >= 0.3 is 0 Å². The van der Waals surface area contributed by atoms with Crippen molar-refractivity contribution in [1.82, 2.24) is 15.1 Å². The average Bonchev–Trinajstić information content (AvgIpc) is 3.26. The summed E-state index contributed by atoms with van der Waals surface area (Å²) in [6, 6.07) is 8.94. The minimum Gasteiger partial charge on any atom is -0.439 e. The van der Waals surface area contributed by atoms with E-state index in [2.05, 4.69) is 29.5 Å². The highest BCUT2D eigenvalue weighted by Gasteiger charge is 2.23. The molecule has 1 aromatic carbocycles. The molecule has 4 heteroatoms. The van der Waals surface area contributed by atoms with Gasteiger partial charge in [0.05, 0.1) is 11.3 Å². The predicted molar refractivity (Wildman–Crippen MR) is 83.7 cm³/mol. The Bertz CT molecular complexity index is 629. The lowest BCUT2D eigenvalue weighted by Crippen LogP contribution is -2.16. The average molecular weight is 285 g/mol. The predicted octanol–water partition coefficient (Wildman–Crippen LogP) is 3.34. The van der Waals surface area contributed by atoms with Crippen LogP contribution in [0.2, 0.25) is 0 Å². The highest BCUT2D eigenvalue weighted by Crippen LogP contribution is 2.29. The Kier molecular flexibility index (Phi) is 3.97. The fraction of sp³-hybridized carbons (Fsp3) is 0.471. The second-order valence-corrected chi connectivity index (χ2v) is 5.75. The minimum atomic E-state index is 0.681. The van der Waals surface area contributed by atoms with E-state index in [1.165, 1.54) is 18.4 Å². The SMILES string of the molecule is CCc1cccc(Oc2c(CNC3CC3)c(C)nn2C)c1. The molecule has 1 saturated carbocycles. The molecule has 2 aromatic rings. The molecular formula is C17H23N3O. The van der Waals surface area contributed by atoms with Crippen molar-refractivity contribution in [3.63, 3.8) is 0 Å². The highest BCUT2D eigenvalue weighted by molar-refractivity contribution is 5.37. The van der Waals surface area contributed by atoms with Gasteiger partial charge in [-0.05, 0) is 43.9 Å². The first-order valence-corrected chi connectivity index (χ1v) is 7.70. The maximum absolute atomic E-state index is 6.12. The van der Waals surface area contributed by atoms with Gasteiger partial charge in [0.25, 0.3) is 0 Å². The van der Waals surface area contributed by atoms with Crippen LogP contribution in [0.25, 0.3) is 0 Å². The van der Waals surface area contributed by atoms with Crippen LogP contribution in [-0.2, 0) is 20.0 Å². The molecule has 0 radical (unpaired) electrons. The van der Waals surface area contributed by atoms with Crippen molar-refractivity contribution in [1.29, 1.82) is 0 Å². The van der Waals surface area contributed by atoms with Crippen LogP contribution >= 0.6 is 0 Å². The van der Waals surface area contributed by atoms with Crippen LogP contribution in [0.5, 0.6) is 11.6 Å². The molecule has 0 atom stereocenters. The van der Waals surface area contributed by atoms with Crippen molar-refractivity contribution in [3.8, 4) is 11.6 Å². The Morgan fingerprint density at radius 3 is 2.90 bits per heavy atom. The number of nitrogens with one attached hydrogen (secondary N) is 1. The third kappa shape index (κ3) is 3.27. The van der Waals surface area contributed by atoms with Gasteiger partial charge in [-0.2, -0.15) is 5.10 Å². The molecule has 4 nitrogen and oxygen atoms in total. The molecule has 3 rings (SSSR count).